The zero-order valence-electron chi connectivity index (χ0n) is 9.26. The molecule has 3 N–H and O–H groups in total. The third-order valence-corrected chi connectivity index (χ3v) is 3.03. The van der Waals surface area contributed by atoms with Gasteiger partial charge in [-0.15, -0.1) is 0 Å². The number of nitrogens with one attached hydrogen (secondary N) is 1. The van der Waals surface area contributed by atoms with Crippen LogP contribution in [0.1, 0.15) is 25.7 Å². The first-order valence-electron chi connectivity index (χ1n) is 5.47. The monoisotopic (exact) mass is 255 g/mol. The molecule has 0 aliphatic heterocycles. The lowest BCUT2D eigenvalue weighted by Gasteiger charge is -2.24. The van der Waals surface area contributed by atoms with Crippen LogP contribution >= 0.6 is 0 Å². The number of hydrogen-bond acceptors (Lipinski definition) is 3. The van der Waals surface area contributed by atoms with Crippen molar-refractivity contribution in [3.63, 3.8) is 0 Å². The SMILES string of the molecule is O=C(O)C(CNCC1(O)CCCC1)C(F)(F)F. The number of alkyl halides is 3. The first-order valence-corrected chi connectivity index (χ1v) is 5.47. The van der Waals surface area contributed by atoms with E-state index in [1.807, 2.05) is 0 Å². The molecule has 1 saturated carbocycles. The highest BCUT2D eigenvalue weighted by molar-refractivity contribution is 5.71. The Kier molecular flexibility index (Phi) is 4.37. The fourth-order valence-electron chi connectivity index (χ4n) is 2.00. The molecule has 0 aromatic carbocycles. The normalized spacial score (nSPS) is 21.4. The number of rotatable bonds is 5. The summed E-state index contributed by atoms with van der Waals surface area (Å²) in [4.78, 5) is 10.4. The van der Waals surface area contributed by atoms with Crippen LogP contribution in [0.4, 0.5) is 13.2 Å². The fourth-order valence-corrected chi connectivity index (χ4v) is 2.00. The van der Waals surface area contributed by atoms with E-state index in [0.29, 0.717) is 12.8 Å². The minimum atomic E-state index is -4.77. The minimum absolute atomic E-state index is 0.00681. The van der Waals surface area contributed by atoms with Crippen LogP contribution in [0.25, 0.3) is 0 Å². The lowest BCUT2D eigenvalue weighted by atomic mass is 10.0. The number of carboxylic acids is 1. The highest BCUT2D eigenvalue weighted by atomic mass is 19.4. The third-order valence-electron chi connectivity index (χ3n) is 3.03. The highest BCUT2D eigenvalue weighted by Crippen LogP contribution is 2.29. The largest absolute Gasteiger partial charge is 0.481 e. The summed E-state index contributed by atoms with van der Waals surface area (Å²) in [6.45, 7) is -0.700. The molecule has 0 heterocycles. The van der Waals surface area contributed by atoms with Gasteiger partial charge in [-0.2, -0.15) is 13.2 Å². The smallest absolute Gasteiger partial charge is 0.403 e. The molecule has 0 aromatic heterocycles. The molecule has 17 heavy (non-hydrogen) atoms. The van der Waals surface area contributed by atoms with Gasteiger partial charge in [0.25, 0.3) is 0 Å². The molecule has 100 valence electrons. The van der Waals surface area contributed by atoms with Crippen LogP contribution in [0.3, 0.4) is 0 Å². The Bertz CT molecular complexity index is 274. The molecule has 0 bridgehead atoms. The summed E-state index contributed by atoms with van der Waals surface area (Å²) in [7, 11) is 0. The molecule has 0 radical (unpaired) electrons. The Hall–Kier alpha value is -0.820. The Morgan fingerprint density at radius 2 is 1.88 bits per heavy atom. The highest BCUT2D eigenvalue weighted by Gasteiger charge is 2.45. The number of carboxylic acid groups (broad SMARTS) is 1. The van der Waals surface area contributed by atoms with Crippen LogP contribution in [0.15, 0.2) is 0 Å². The molecule has 1 unspecified atom stereocenters. The van der Waals surface area contributed by atoms with Gasteiger partial charge in [-0.05, 0) is 12.8 Å². The van der Waals surface area contributed by atoms with Crippen molar-refractivity contribution in [1.29, 1.82) is 0 Å². The van der Waals surface area contributed by atoms with E-state index in [1.54, 1.807) is 0 Å². The molecule has 1 atom stereocenters. The zero-order chi connectivity index (χ0) is 13.1. The van der Waals surface area contributed by atoms with Crippen molar-refractivity contribution in [2.45, 2.75) is 37.5 Å². The average molecular weight is 255 g/mol. The van der Waals surface area contributed by atoms with Crippen molar-refractivity contribution in [3.8, 4) is 0 Å². The average Bonchev–Trinajstić information content (AvgIpc) is 2.57. The van der Waals surface area contributed by atoms with Crippen LogP contribution in [-0.2, 0) is 4.79 Å². The Morgan fingerprint density at radius 1 is 1.35 bits per heavy atom. The van der Waals surface area contributed by atoms with Gasteiger partial charge in [0.15, 0.2) is 5.92 Å². The van der Waals surface area contributed by atoms with Gasteiger partial charge < -0.3 is 15.5 Å². The van der Waals surface area contributed by atoms with Gasteiger partial charge in [0, 0.05) is 13.1 Å². The minimum Gasteiger partial charge on any atom is -0.481 e. The van der Waals surface area contributed by atoms with E-state index in [-0.39, 0.29) is 6.54 Å². The summed E-state index contributed by atoms with van der Waals surface area (Å²) in [6.07, 6.45) is -1.98. The molecule has 0 amide bonds. The summed E-state index contributed by atoms with van der Waals surface area (Å²) >= 11 is 0. The van der Waals surface area contributed by atoms with E-state index in [2.05, 4.69) is 5.32 Å². The molecule has 4 nitrogen and oxygen atoms in total. The zero-order valence-corrected chi connectivity index (χ0v) is 9.26. The van der Waals surface area contributed by atoms with E-state index in [1.165, 1.54) is 0 Å². The molecule has 1 rings (SSSR count). The van der Waals surface area contributed by atoms with Gasteiger partial charge in [0.1, 0.15) is 0 Å². The quantitative estimate of drug-likeness (QED) is 0.689. The van der Waals surface area contributed by atoms with Crippen molar-refractivity contribution in [1.82, 2.24) is 5.32 Å². The van der Waals surface area contributed by atoms with Crippen LogP contribution < -0.4 is 5.32 Å². The van der Waals surface area contributed by atoms with Crippen molar-refractivity contribution in [3.05, 3.63) is 0 Å². The van der Waals surface area contributed by atoms with Crippen LogP contribution in [-0.4, -0.2) is 41.0 Å². The molecule has 1 fully saturated rings. The molecule has 7 heteroatoms. The van der Waals surface area contributed by atoms with E-state index >= 15 is 0 Å². The topological polar surface area (TPSA) is 69.6 Å². The Labute approximate surface area is 96.8 Å². The van der Waals surface area contributed by atoms with Crippen LogP contribution in [0.2, 0.25) is 0 Å². The van der Waals surface area contributed by atoms with Crippen LogP contribution in [0, 0.1) is 5.92 Å². The van der Waals surface area contributed by atoms with E-state index < -0.39 is 30.2 Å². The van der Waals surface area contributed by atoms with Gasteiger partial charge in [-0.3, -0.25) is 4.79 Å². The van der Waals surface area contributed by atoms with E-state index in [0.717, 1.165) is 12.8 Å². The van der Waals surface area contributed by atoms with Crippen LogP contribution in [0.5, 0.6) is 0 Å². The fraction of sp³-hybridized carbons (Fsp3) is 0.900. The number of carbonyl (C=O) groups is 1. The maximum absolute atomic E-state index is 12.3. The number of hydrogen-bond donors (Lipinski definition) is 3. The summed E-state index contributed by atoms with van der Waals surface area (Å²) in [6, 6.07) is 0. The number of halogens is 3. The predicted molar refractivity (Wildman–Crippen MR) is 53.5 cm³/mol. The summed E-state index contributed by atoms with van der Waals surface area (Å²) in [5.41, 5.74) is -0.978. The second-order valence-electron chi connectivity index (χ2n) is 4.49. The lowest BCUT2D eigenvalue weighted by molar-refractivity contribution is -0.192. The summed E-state index contributed by atoms with van der Waals surface area (Å²) < 4.78 is 36.9. The molecule has 1 aliphatic rings. The predicted octanol–water partition coefficient (Wildman–Crippen LogP) is 1.14. The van der Waals surface area contributed by atoms with Crippen molar-refractivity contribution in [2.75, 3.05) is 13.1 Å². The van der Waals surface area contributed by atoms with Crippen molar-refractivity contribution >= 4 is 5.97 Å². The molecule has 0 aromatic rings. The molecule has 1 aliphatic carbocycles. The van der Waals surface area contributed by atoms with Gasteiger partial charge in [-0.25, -0.2) is 0 Å². The molecule has 0 spiro atoms. The Morgan fingerprint density at radius 3 is 2.29 bits per heavy atom. The van der Waals surface area contributed by atoms with Crippen molar-refractivity contribution < 1.29 is 28.2 Å². The third kappa shape index (κ3) is 4.16. The second-order valence-corrected chi connectivity index (χ2v) is 4.49. The van der Waals surface area contributed by atoms with Gasteiger partial charge >= 0.3 is 12.1 Å². The first-order chi connectivity index (χ1) is 7.75. The number of aliphatic carboxylic acids is 1. The Balaban J connectivity index is 2.40. The lowest BCUT2D eigenvalue weighted by Crippen LogP contribution is -2.44. The summed E-state index contributed by atoms with van der Waals surface area (Å²) in [5.74, 6) is -4.32. The number of aliphatic hydroxyl groups is 1. The standard InChI is InChI=1S/C10H16F3NO3/c11-10(12,13)7(8(15)16)5-14-6-9(17)3-1-2-4-9/h7,14,17H,1-6H2,(H,15,16). The maximum Gasteiger partial charge on any atom is 0.403 e. The molecule has 0 saturated heterocycles. The van der Waals surface area contributed by atoms with Crippen molar-refractivity contribution in [2.24, 2.45) is 5.92 Å². The maximum atomic E-state index is 12.3. The molecular weight excluding hydrogens is 239 g/mol. The second kappa shape index (κ2) is 5.22. The first kappa shape index (κ1) is 14.2. The summed E-state index contributed by atoms with van der Waals surface area (Å²) in [5, 5.41) is 20.7. The van der Waals surface area contributed by atoms with E-state index in [4.69, 9.17) is 5.11 Å². The molecular formula is C10H16F3NO3. The van der Waals surface area contributed by atoms with Gasteiger partial charge in [0.05, 0.1) is 5.60 Å². The van der Waals surface area contributed by atoms with E-state index in [9.17, 15) is 23.1 Å². The van der Waals surface area contributed by atoms with Gasteiger partial charge in [-0.1, -0.05) is 12.8 Å². The van der Waals surface area contributed by atoms with Gasteiger partial charge in [0.2, 0.25) is 0 Å².